The lowest BCUT2D eigenvalue weighted by Crippen LogP contribution is -2.40. The molecule has 160 valence electrons. The van der Waals surface area contributed by atoms with E-state index in [0.717, 1.165) is 11.6 Å². The summed E-state index contributed by atoms with van der Waals surface area (Å²) in [7, 11) is -3.85. The van der Waals surface area contributed by atoms with E-state index < -0.39 is 14.9 Å². The van der Waals surface area contributed by atoms with E-state index in [2.05, 4.69) is 10.5 Å². The van der Waals surface area contributed by atoms with Crippen LogP contribution < -0.4 is 5.43 Å². The molecular weight excluding hydrogens is 432 g/mol. The lowest BCUT2D eigenvalue weighted by molar-refractivity contribution is -0.384. The lowest BCUT2D eigenvalue weighted by atomic mass is 10.1. The Bertz CT molecular complexity index is 1050. The number of benzene rings is 2. The number of hydrogen-bond acceptors (Lipinski definition) is 7. The largest absolute Gasteiger partial charge is 0.379 e. The van der Waals surface area contributed by atoms with Crippen molar-refractivity contribution in [3.63, 3.8) is 0 Å². The Hall–Kier alpha value is -2.53. The molecule has 9 nitrogen and oxygen atoms in total. The monoisotopic (exact) mass is 452 g/mol. The highest BCUT2D eigenvalue weighted by Crippen LogP contribution is 2.29. The summed E-state index contributed by atoms with van der Waals surface area (Å²) >= 11 is 5.91. The van der Waals surface area contributed by atoms with Crippen LogP contribution in [-0.4, -0.2) is 49.7 Å². The van der Waals surface area contributed by atoms with Crippen molar-refractivity contribution in [3.05, 3.63) is 63.2 Å². The first-order valence-electron chi connectivity index (χ1n) is 9.27. The van der Waals surface area contributed by atoms with Crippen LogP contribution in [0.3, 0.4) is 0 Å². The highest BCUT2D eigenvalue weighted by atomic mass is 35.5. The third kappa shape index (κ3) is 4.96. The molecular formula is C19H21ClN4O5S. The molecule has 1 aliphatic heterocycles. The van der Waals surface area contributed by atoms with E-state index in [-0.39, 0.29) is 29.4 Å². The van der Waals surface area contributed by atoms with Gasteiger partial charge >= 0.3 is 0 Å². The predicted octanol–water partition coefficient (Wildman–Crippen LogP) is 3.50. The van der Waals surface area contributed by atoms with E-state index in [4.69, 9.17) is 16.3 Å². The molecule has 0 amide bonds. The third-order valence-electron chi connectivity index (χ3n) is 4.60. The van der Waals surface area contributed by atoms with Gasteiger partial charge in [-0.05, 0) is 36.2 Å². The van der Waals surface area contributed by atoms with E-state index >= 15 is 0 Å². The van der Waals surface area contributed by atoms with Gasteiger partial charge in [0.25, 0.3) is 5.69 Å². The van der Waals surface area contributed by atoms with Gasteiger partial charge in [0.05, 0.1) is 28.7 Å². The van der Waals surface area contributed by atoms with Gasteiger partial charge in [0.1, 0.15) is 5.69 Å². The highest BCUT2D eigenvalue weighted by Gasteiger charge is 2.28. The summed E-state index contributed by atoms with van der Waals surface area (Å²) in [5.41, 5.74) is 3.92. The molecule has 0 radical (unpaired) electrons. The number of anilines is 1. The molecule has 1 aliphatic rings. The van der Waals surface area contributed by atoms with Crippen molar-refractivity contribution in [2.75, 3.05) is 31.7 Å². The number of hydrazone groups is 1. The van der Waals surface area contributed by atoms with E-state index in [1.807, 2.05) is 6.92 Å². The van der Waals surface area contributed by atoms with Gasteiger partial charge in [-0.25, -0.2) is 8.42 Å². The number of nitrogens with one attached hydrogen (secondary N) is 1. The zero-order valence-corrected chi connectivity index (χ0v) is 17.8. The number of ether oxygens (including phenoxy) is 1. The molecule has 11 heteroatoms. The minimum atomic E-state index is -3.85. The SMILES string of the molecule is CC/C(=N/Nc1ccc(S(=O)(=O)N2CCOCC2)cc1[N+](=O)[O-])c1ccc(Cl)cc1. The van der Waals surface area contributed by atoms with Crippen LogP contribution in [-0.2, 0) is 14.8 Å². The number of morpholine rings is 1. The summed E-state index contributed by atoms with van der Waals surface area (Å²) < 4.78 is 32.0. The minimum absolute atomic E-state index is 0.0980. The van der Waals surface area contributed by atoms with Crippen LogP contribution in [0.2, 0.25) is 5.02 Å². The molecule has 0 aromatic heterocycles. The summed E-state index contributed by atoms with van der Waals surface area (Å²) in [6, 6.07) is 10.8. The molecule has 0 aliphatic carbocycles. The standard InChI is InChI=1S/C19H21ClN4O5S/c1-2-17(14-3-5-15(20)6-4-14)21-22-18-8-7-16(13-19(18)24(25)26)30(27,28)23-9-11-29-12-10-23/h3-8,13,22H,2,9-12H2,1H3/b21-17-. The van der Waals surface area contributed by atoms with Gasteiger partial charge in [0.2, 0.25) is 10.0 Å². The summed E-state index contributed by atoms with van der Waals surface area (Å²) in [4.78, 5) is 10.8. The van der Waals surface area contributed by atoms with Crippen LogP contribution in [0.25, 0.3) is 0 Å². The van der Waals surface area contributed by atoms with Gasteiger partial charge in [-0.1, -0.05) is 30.7 Å². The Morgan fingerprint density at radius 1 is 1.23 bits per heavy atom. The van der Waals surface area contributed by atoms with E-state index in [1.54, 1.807) is 24.3 Å². The number of nitrogens with zero attached hydrogens (tertiary/aromatic N) is 3. The summed E-state index contributed by atoms with van der Waals surface area (Å²) in [5, 5.41) is 16.4. The Balaban J connectivity index is 1.90. The molecule has 2 aromatic rings. The maximum absolute atomic E-state index is 12.8. The zero-order valence-electron chi connectivity index (χ0n) is 16.2. The fourth-order valence-electron chi connectivity index (χ4n) is 2.97. The Labute approximate surface area is 179 Å². The molecule has 1 N–H and O–H groups in total. The predicted molar refractivity (Wildman–Crippen MR) is 115 cm³/mol. The van der Waals surface area contributed by atoms with Crippen LogP contribution in [0.15, 0.2) is 52.5 Å². The Morgan fingerprint density at radius 2 is 1.90 bits per heavy atom. The second-order valence-electron chi connectivity index (χ2n) is 6.48. The normalized spacial score (nSPS) is 15.7. The van der Waals surface area contributed by atoms with Gasteiger partial charge < -0.3 is 4.74 Å². The van der Waals surface area contributed by atoms with Crippen LogP contribution in [0.4, 0.5) is 11.4 Å². The van der Waals surface area contributed by atoms with Gasteiger partial charge in [-0.2, -0.15) is 9.41 Å². The smallest absolute Gasteiger partial charge is 0.295 e. The maximum atomic E-state index is 12.8. The van der Waals surface area contributed by atoms with Crippen molar-refractivity contribution < 1.29 is 18.1 Å². The highest BCUT2D eigenvalue weighted by molar-refractivity contribution is 7.89. The average Bonchev–Trinajstić information content (AvgIpc) is 2.75. The van der Waals surface area contributed by atoms with Gasteiger partial charge in [0.15, 0.2) is 0 Å². The lowest BCUT2D eigenvalue weighted by Gasteiger charge is -2.26. The molecule has 30 heavy (non-hydrogen) atoms. The molecule has 0 unspecified atom stereocenters. The van der Waals surface area contributed by atoms with Crippen LogP contribution in [0.5, 0.6) is 0 Å². The fourth-order valence-corrected chi connectivity index (χ4v) is 4.53. The summed E-state index contributed by atoms with van der Waals surface area (Å²) in [6.45, 7) is 2.91. The molecule has 1 fully saturated rings. The number of hydrogen-bond donors (Lipinski definition) is 1. The molecule has 1 heterocycles. The van der Waals surface area contributed by atoms with E-state index in [1.165, 1.54) is 16.4 Å². The first-order valence-corrected chi connectivity index (χ1v) is 11.1. The molecule has 3 rings (SSSR count). The maximum Gasteiger partial charge on any atom is 0.295 e. The van der Waals surface area contributed by atoms with Crippen molar-refractivity contribution in [2.45, 2.75) is 18.2 Å². The van der Waals surface area contributed by atoms with Gasteiger partial charge in [-0.3, -0.25) is 15.5 Å². The number of halogens is 1. The van der Waals surface area contributed by atoms with E-state index in [0.29, 0.717) is 30.4 Å². The summed E-state index contributed by atoms with van der Waals surface area (Å²) in [5.74, 6) is 0. The number of rotatable bonds is 7. The number of nitro groups is 1. The third-order valence-corrected chi connectivity index (χ3v) is 6.74. The van der Waals surface area contributed by atoms with Crippen molar-refractivity contribution in [3.8, 4) is 0 Å². The number of sulfonamides is 1. The molecule has 0 bridgehead atoms. The average molecular weight is 453 g/mol. The molecule has 0 atom stereocenters. The van der Waals surface area contributed by atoms with Crippen molar-refractivity contribution in [1.82, 2.24) is 4.31 Å². The minimum Gasteiger partial charge on any atom is -0.379 e. The number of nitro benzene ring substituents is 1. The Morgan fingerprint density at radius 3 is 2.50 bits per heavy atom. The first-order chi connectivity index (χ1) is 14.3. The molecule has 0 saturated carbocycles. The topological polar surface area (TPSA) is 114 Å². The molecule has 0 spiro atoms. The summed E-state index contributed by atoms with van der Waals surface area (Å²) in [6.07, 6.45) is 0.575. The first kappa shape index (κ1) is 22.2. The van der Waals surface area contributed by atoms with Crippen molar-refractivity contribution in [1.29, 1.82) is 0 Å². The van der Waals surface area contributed by atoms with Gasteiger partial charge in [0, 0.05) is 24.2 Å². The van der Waals surface area contributed by atoms with E-state index in [9.17, 15) is 18.5 Å². The molecule has 1 saturated heterocycles. The van der Waals surface area contributed by atoms with Gasteiger partial charge in [-0.15, -0.1) is 0 Å². The van der Waals surface area contributed by atoms with Crippen LogP contribution >= 0.6 is 11.6 Å². The van der Waals surface area contributed by atoms with Crippen molar-refractivity contribution >= 4 is 38.7 Å². The molecule has 2 aromatic carbocycles. The quantitative estimate of drug-likeness (QED) is 0.390. The second kappa shape index (κ2) is 9.52. The Kier molecular flexibility index (Phi) is 7.03. The van der Waals surface area contributed by atoms with Crippen LogP contribution in [0, 0.1) is 10.1 Å². The second-order valence-corrected chi connectivity index (χ2v) is 8.86. The van der Waals surface area contributed by atoms with Crippen LogP contribution in [0.1, 0.15) is 18.9 Å². The zero-order chi connectivity index (χ0) is 21.7. The fraction of sp³-hybridized carbons (Fsp3) is 0.316. The van der Waals surface area contributed by atoms with Crippen molar-refractivity contribution in [2.24, 2.45) is 5.10 Å².